The van der Waals surface area contributed by atoms with Crippen LogP contribution in [0.2, 0.25) is 0 Å². The molecule has 0 atom stereocenters. The van der Waals surface area contributed by atoms with Gasteiger partial charge in [-0.1, -0.05) is 19.9 Å². The molecule has 2 heteroatoms. The van der Waals surface area contributed by atoms with Crippen molar-refractivity contribution in [1.29, 1.82) is 0 Å². The molecule has 2 aliphatic rings. The fraction of sp³-hybridized carbons (Fsp3) is 0.643. The van der Waals surface area contributed by atoms with Gasteiger partial charge in [-0.3, -0.25) is 0 Å². The van der Waals surface area contributed by atoms with E-state index in [1.807, 2.05) is 0 Å². The zero-order valence-corrected chi connectivity index (χ0v) is 10.2. The number of aromatic nitrogens is 1. The number of hydrogen-bond acceptors (Lipinski definition) is 2. The normalized spacial score (nSPS) is 28.1. The Hall–Kier alpha value is -1.05. The van der Waals surface area contributed by atoms with Crippen LogP contribution in [0.25, 0.3) is 0 Å². The standard InChI is InChI=1S/C14H20N2/c1-10(2)11-3-8-14(15-9-11)16-12-4-5-13(16)7-6-12/h3,8-10,12-13H,4-7H2,1-2H3. The second-order valence-electron chi connectivity index (χ2n) is 5.47. The molecule has 1 aromatic rings. The van der Waals surface area contributed by atoms with Gasteiger partial charge < -0.3 is 4.90 Å². The zero-order chi connectivity index (χ0) is 11.1. The van der Waals surface area contributed by atoms with E-state index in [1.165, 1.54) is 37.1 Å². The molecule has 1 aromatic heterocycles. The first-order valence-corrected chi connectivity index (χ1v) is 6.50. The number of nitrogens with zero attached hydrogens (tertiary/aromatic N) is 2. The van der Waals surface area contributed by atoms with Gasteiger partial charge in [0.05, 0.1) is 0 Å². The maximum absolute atomic E-state index is 4.65. The first-order valence-electron chi connectivity index (χ1n) is 6.50. The smallest absolute Gasteiger partial charge is 0.128 e. The first-order chi connectivity index (χ1) is 7.75. The van der Waals surface area contributed by atoms with E-state index in [0.29, 0.717) is 5.92 Å². The predicted octanol–water partition coefficient (Wildman–Crippen LogP) is 3.34. The van der Waals surface area contributed by atoms with Gasteiger partial charge in [0.25, 0.3) is 0 Å². The summed E-state index contributed by atoms with van der Waals surface area (Å²) in [5, 5.41) is 0. The fourth-order valence-electron chi connectivity index (χ4n) is 3.18. The molecule has 0 saturated carbocycles. The molecule has 2 saturated heterocycles. The minimum Gasteiger partial charge on any atom is -0.351 e. The van der Waals surface area contributed by atoms with Gasteiger partial charge in [-0.25, -0.2) is 4.98 Å². The van der Waals surface area contributed by atoms with E-state index in [2.05, 4.69) is 42.1 Å². The number of rotatable bonds is 2. The summed E-state index contributed by atoms with van der Waals surface area (Å²) < 4.78 is 0. The van der Waals surface area contributed by atoms with Crippen LogP contribution in [0, 0.1) is 0 Å². The lowest BCUT2D eigenvalue weighted by Gasteiger charge is -2.23. The van der Waals surface area contributed by atoms with Crippen LogP contribution in [0.4, 0.5) is 5.82 Å². The van der Waals surface area contributed by atoms with Crippen molar-refractivity contribution in [2.45, 2.75) is 57.5 Å². The molecule has 0 N–H and O–H groups in total. The van der Waals surface area contributed by atoms with Gasteiger partial charge in [0.15, 0.2) is 0 Å². The highest BCUT2D eigenvalue weighted by molar-refractivity contribution is 5.45. The topological polar surface area (TPSA) is 16.1 Å². The third-order valence-corrected chi connectivity index (χ3v) is 4.15. The highest BCUT2D eigenvalue weighted by Crippen LogP contribution is 2.40. The van der Waals surface area contributed by atoms with Crippen LogP contribution in [0.1, 0.15) is 51.0 Å². The summed E-state index contributed by atoms with van der Waals surface area (Å²) in [5.74, 6) is 1.78. The molecule has 2 aliphatic heterocycles. The molecular formula is C14H20N2. The Bertz CT molecular complexity index is 349. The number of anilines is 1. The first kappa shape index (κ1) is 10.1. The van der Waals surface area contributed by atoms with Crippen molar-refractivity contribution >= 4 is 5.82 Å². The Morgan fingerprint density at radius 1 is 1.12 bits per heavy atom. The lowest BCUT2D eigenvalue weighted by molar-refractivity contribution is 0.576. The molecule has 0 spiro atoms. The molecule has 16 heavy (non-hydrogen) atoms. The third kappa shape index (κ3) is 1.51. The Labute approximate surface area is 97.7 Å². The largest absolute Gasteiger partial charge is 0.351 e. The van der Waals surface area contributed by atoms with Gasteiger partial charge in [0, 0.05) is 18.3 Å². The summed E-state index contributed by atoms with van der Waals surface area (Å²) in [6.45, 7) is 4.44. The molecule has 3 rings (SSSR count). The summed E-state index contributed by atoms with van der Waals surface area (Å²) in [5.41, 5.74) is 1.34. The molecule has 3 heterocycles. The highest BCUT2D eigenvalue weighted by Gasteiger charge is 2.39. The van der Waals surface area contributed by atoms with Crippen LogP contribution in [-0.4, -0.2) is 17.1 Å². The Morgan fingerprint density at radius 3 is 2.19 bits per heavy atom. The lowest BCUT2D eigenvalue weighted by Crippen LogP contribution is -2.28. The van der Waals surface area contributed by atoms with Crippen molar-refractivity contribution in [2.24, 2.45) is 0 Å². The van der Waals surface area contributed by atoms with Crippen LogP contribution in [0.3, 0.4) is 0 Å². The van der Waals surface area contributed by atoms with Crippen LogP contribution < -0.4 is 4.90 Å². The van der Waals surface area contributed by atoms with E-state index in [1.54, 1.807) is 0 Å². The minimum absolute atomic E-state index is 0.580. The van der Waals surface area contributed by atoms with Crippen molar-refractivity contribution in [2.75, 3.05) is 4.90 Å². The van der Waals surface area contributed by atoms with Crippen molar-refractivity contribution in [3.05, 3.63) is 23.9 Å². The second-order valence-corrected chi connectivity index (χ2v) is 5.47. The maximum Gasteiger partial charge on any atom is 0.128 e. The summed E-state index contributed by atoms with van der Waals surface area (Å²) in [6.07, 6.45) is 7.55. The van der Waals surface area contributed by atoms with E-state index in [4.69, 9.17) is 0 Å². The van der Waals surface area contributed by atoms with Gasteiger partial charge in [0.2, 0.25) is 0 Å². The summed E-state index contributed by atoms with van der Waals surface area (Å²) in [6, 6.07) is 6.02. The molecule has 0 aromatic carbocycles. The van der Waals surface area contributed by atoms with E-state index >= 15 is 0 Å². The number of hydrogen-bond donors (Lipinski definition) is 0. The molecule has 0 unspecified atom stereocenters. The second kappa shape index (κ2) is 3.76. The quantitative estimate of drug-likeness (QED) is 0.753. The van der Waals surface area contributed by atoms with E-state index < -0.39 is 0 Å². The van der Waals surface area contributed by atoms with Crippen molar-refractivity contribution < 1.29 is 0 Å². The van der Waals surface area contributed by atoms with Gasteiger partial charge in [-0.15, -0.1) is 0 Å². The molecule has 0 amide bonds. The minimum atomic E-state index is 0.580. The molecule has 2 fully saturated rings. The van der Waals surface area contributed by atoms with Crippen LogP contribution in [0.5, 0.6) is 0 Å². The van der Waals surface area contributed by atoms with Gasteiger partial charge >= 0.3 is 0 Å². The Kier molecular flexibility index (Phi) is 2.38. The molecule has 0 radical (unpaired) electrons. The van der Waals surface area contributed by atoms with Crippen LogP contribution >= 0.6 is 0 Å². The Balaban J connectivity index is 1.85. The predicted molar refractivity (Wildman–Crippen MR) is 66.8 cm³/mol. The third-order valence-electron chi connectivity index (χ3n) is 4.15. The van der Waals surface area contributed by atoms with E-state index in [-0.39, 0.29) is 0 Å². The van der Waals surface area contributed by atoms with E-state index in [0.717, 1.165) is 12.1 Å². The number of pyridine rings is 1. The van der Waals surface area contributed by atoms with Crippen molar-refractivity contribution in [3.63, 3.8) is 0 Å². The SMILES string of the molecule is CC(C)c1ccc(N2C3CCC2CC3)nc1. The van der Waals surface area contributed by atoms with Crippen molar-refractivity contribution in [3.8, 4) is 0 Å². The summed E-state index contributed by atoms with van der Waals surface area (Å²) in [4.78, 5) is 7.21. The average Bonchev–Trinajstić information content (AvgIpc) is 2.88. The summed E-state index contributed by atoms with van der Waals surface area (Å²) in [7, 11) is 0. The van der Waals surface area contributed by atoms with Crippen LogP contribution in [-0.2, 0) is 0 Å². The average molecular weight is 216 g/mol. The van der Waals surface area contributed by atoms with Crippen molar-refractivity contribution in [1.82, 2.24) is 4.98 Å². The number of fused-ring (bicyclic) bond motifs is 2. The van der Waals surface area contributed by atoms with Gasteiger partial charge in [-0.05, 0) is 43.2 Å². The molecular weight excluding hydrogens is 196 g/mol. The maximum atomic E-state index is 4.65. The van der Waals surface area contributed by atoms with E-state index in [9.17, 15) is 0 Å². The Morgan fingerprint density at radius 2 is 1.75 bits per heavy atom. The lowest BCUT2D eigenvalue weighted by atomic mass is 10.0. The molecule has 86 valence electrons. The summed E-state index contributed by atoms with van der Waals surface area (Å²) >= 11 is 0. The molecule has 0 aliphatic carbocycles. The highest BCUT2D eigenvalue weighted by atomic mass is 15.3. The monoisotopic (exact) mass is 216 g/mol. The molecule has 2 bridgehead atoms. The zero-order valence-electron chi connectivity index (χ0n) is 10.2. The fourth-order valence-corrected chi connectivity index (χ4v) is 3.18. The van der Waals surface area contributed by atoms with Crippen LogP contribution in [0.15, 0.2) is 18.3 Å². The molecule has 2 nitrogen and oxygen atoms in total. The van der Waals surface area contributed by atoms with Gasteiger partial charge in [0.1, 0.15) is 5.82 Å². The van der Waals surface area contributed by atoms with Gasteiger partial charge in [-0.2, -0.15) is 0 Å².